The quantitative estimate of drug-likeness (QED) is 0.650. The lowest BCUT2D eigenvalue weighted by Gasteiger charge is -2.21. The molecule has 0 amide bonds. The molecule has 7 nitrogen and oxygen atoms in total. The normalized spacial score (nSPS) is 17.5. The van der Waals surface area contributed by atoms with Gasteiger partial charge in [-0.2, -0.15) is 9.37 Å². The number of ether oxygens (including phenoxy) is 2. The van der Waals surface area contributed by atoms with Crippen LogP contribution in [0.2, 0.25) is 0 Å². The number of benzene rings is 1. The molecule has 1 saturated heterocycles. The lowest BCUT2D eigenvalue weighted by atomic mass is 9.96. The Morgan fingerprint density at radius 3 is 2.68 bits per heavy atom. The summed E-state index contributed by atoms with van der Waals surface area (Å²) < 4.78 is 26.2. The highest BCUT2D eigenvalue weighted by molar-refractivity contribution is 5.76. The van der Waals surface area contributed by atoms with E-state index in [2.05, 4.69) is 9.97 Å². The van der Waals surface area contributed by atoms with Crippen molar-refractivity contribution >= 4 is 11.6 Å². The van der Waals surface area contributed by atoms with Gasteiger partial charge in [0.25, 0.3) is 5.88 Å². The number of aliphatic hydroxyl groups is 1. The van der Waals surface area contributed by atoms with E-state index in [4.69, 9.17) is 9.47 Å². The summed E-state index contributed by atoms with van der Waals surface area (Å²) in [4.78, 5) is 21.0. The number of carbonyl (C=O) groups excluding carboxylic acids is 1. The van der Waals surface area contributed by atoms with Gasteiger partial charge in [0.2, 0.25) is 5.82 Å². The van der Waals surface area contributed by atoms with Crippen LogP contribution in [0.4, 0.5) is 10.2 Å². The summed E-state index contributed by atoms with van der Waals surface area (Å²) in [6, 6.07) is 7.77. The SMILES string of the molecule is CC(=O)C[C@@H](C)c1ccc(O[C@@H]2CCN(c3ncnc(OCC(C)(C)O)c3F)C2)cc1. The van der Waals surface area contributed by atoms with Crippen LogP contribution in [0.25, 0.3) is 0 Å². The van der Waals surface area contributed by atoms with Crippen molar-refractivity contribution in [1.29, 1.82) is 0 Å². The van der Waals surface area contributed by atoms with Gasteiger partial charge in [0.15, 0.2) is 5.82 Å². The molecule has 0 bridgehead atoms. The average Bonchev–Trinajstić information content (AvgIpc) is 3.14. The van der Waals surface area contributed by atoms with Crippen molar-refractivity contribution in [2.75, 3.05) is 24.6 Å². The molecule has 3 rings (SSSR count). The smallest absolute Gasteiger partial charge is 0.255 e. The minimum absolute atomic E-state index is 0.0763. The van der Waals surface area contributed by atoms with Crippen LogP contribution in [-0.2, 0) is 4.79 Å². The van der Waals surface area contributed by atoms with Crippen LogP contribution in [0.5, 0.6) is 11.6 Å². The van der Waals surface area contributed by atoms with E-state index in [0.717, 1.165) is 17.7 Å². The molecule has 0 spiro atoms. The Kier molecular flexibility index (Phi) is 7.10. The molecule has 1 aromatic heterocycles. The number of hydrogen-bond donors (Lipinski definition) is 1. The van der Waals surface area contributed by atoms with E-state index >= 15 is 0 Å². The molecule has 1 aromatic carbocycles. The fourth-order valence-electron chi connectivity index (χ4n) is 3.54. The van der Waals surface area contributed by atoms with Gasteiger partial charge in [0.1, 0.15) is 30.6 Å². The molecule has 0 aliphatic carbocycles. The molecule has 1 aliphatic heterocycles. The van der Waals surface area contributed by atoms with E-state index in [1.807, 2.05) is 36.1 Å². The minimum Gasteiger partial charge on any atom is -0.489 e. The Bertz CT molecular complexity index is 899. The number of hydrogen-bond acceptors (Lipinski definition) is 7. The third-order valence-corrected chi connectivity index (χ3v) is 5.09. The number of ketones is 1. The van der Waals surface area contributed by atoms with Crippen molar-refractivity contribution in [2.24, 2.45) is 0 Å². The highest BCUT2D eigenvalue weighted by Crippen LogP contribution is 2.29. The van der Waals surface area contributed by atoms with E-state index in [1.54, 1.807) is 20.8 Å². The second-order valence-corrected chi connectivity index (χ2v) is 8.77. The molecule has 1 N–H and O–H groups in total. The Labute approximate surface area is 182 Å². The Balaban J connectivity index is 1.60. The maximum absolute atomic E-state index is 14.8. The first-order chi connectivity index (χ1) is 14.6. The Hall–Kier alpha value is -2.74. The number of halogens is 1. The van der Waals surface area contributed by atoms with Gasteiger partial charge >= 0.3 is 0 Å². The van der Waals surface area contributed by atoms with Crippen molar-refractivity contribution in [3.05, 3.63) is 42.0 Å². The molecule has 2 aromatic rings. The summed E-state index contributed by atoms with van der Waals surface area (Å²) in [5.41, 5.74) is 0.000962. The average molecular weight is 432 g/mol. The first-order valence-electron chi connectivity index (χ1n) is 10.5. The Morgan fingerprint density at radius 2 is 2.03 bits per heavy atom. The van der Waals surface area contributed by atoms with E-state index < -0.39 is 11.4 Å². The van der Waals surface area contributed by atoms with E-state index in [1.165, 1.54) is 6.33 Å². The molecule has 1 aliphatic rings. The molecule has 2 atom stereocenters. The van der Waals surface area contributed by atoms with Gasteiger partial charge in [0, 0.05) is 19.4 Å². The van der Waals surface area contributed by atoms with Crippen LogP contribution in [0, 0.1) is 5.82 Å². The van der Waals surface area contributed by atoms with Gasteiger partial charge in [-0.3, -0.25) is 0 Å². The molecule has 168 valence electrons. The second-order valence-electron chi connectivity index (χ2n) is 8.77. The maximum Gasteiger partial charge on any atom is 0.255 e. The fraction of sp³-hybridized carbons (Fsp3) is 0.522. The molecule has 2 heterocycles. The molecule has 0 radical (unpaired) electrons. The predicted molar refractivity (Wildman–Crippen MR) is 115 cm³/mol. The fourth-order valence-corrected chi connectivity index (χ4v) is 3.54. The van der Waals surface area contributed by atoms with Crippen LogP contribution in [-0.4, -0.2) is 52.3 Å². The number of aromatic nitrogens is 2. The van der Waals surface area contributed by atoms with E-state index in [9.17, 15) is 14.3 Å². The number of nitrogens with zero attached hydrogens (tertiary/aromatic N) is 3. The number of Topliss-reactive ketones (excluding diaryl/α,β-unsaturated/α-hetero) is 1. The van der Waals surface area contributed by atoms with Crippen LogP contribution in [0.15, 0.2) is 30.6 Å². The molecule has 1 fully saturated rings. The highest BCUT2D eigenvalue weighted by atomic mass is 19.1. The number of carbonyl (C=O) groups is 1. The van der Waals surface area contributed by atoms with Gasteiger partial charge in [-0.15, -0.1) is 0 Å². The van der Waals surface area contributed by atoms with Crippen molar-refractivity contribution in [1.82, 2.24) is 9.97 Å². The standard InChI is InChI=1S/C23H30FN3O4/c1-15(11-16(2)28)17-5-7-18(8-6-17)31-19-9-10-27(12-19)21-20(24)22(26-14-25-21)30-13-23(3,4)29/h5-8,14-15,19,29H,9-13H2,1-4H3/t15-,19-/m1/s1. The monoisotopic (exact) mass is 431 g/mol. The summed E-state index contributed by atoms with van der Waals surface area (Å²) in [6.45, 7) is 7.79. The van der Waals surface area contributed by atoms with Crippen molar-refractivity contribution < 1.29 is 23.8 Å². The van der Waals surface area contributed by atoms with Gasteiger partial charge in [-0.05, 0) is 44.4 Å². The number of rotatable bonds is 9. The zero-order chi connectivity index (χ0) is 22.6. The summed E-state index contributed by atoms with van der Waals surface area (Å²) in [7, 11) is 0. The number of anilines is 1. The van der Waals surface area contributed by atoms with Gasteiger partial charge < -0.3 is 24.3 Å². The topological polar surface area (TPSA) is 84.8 Å². The third kappa shape index (κ3) is 6.37. The second kappa shape index (κ2) is 9.60. The largest absolute Gasteiger partial charge is 0.489 e. The van der Waals surface area contributed by atoms with Crippen LogP contribution in [0.3, 0.4) is 0 Å². The predicted octanol–water partition coefficient (Wildman–Crippen LogP) is 3.51. The summed E-state index contributed by atoms with van der Waals surface area (Å²) in [6.07, 6.45) is 2.40. The van der Waals surface area contributed by atoms with E-state index in [0.29, 0.717) is 19.5 Å². The lowest BCUT2D eigenvalue weighted by Crippen LogP contribution is -2.29. The van der Waals surface area contributed by atoms with Crippen molar-refractivity contribution in [3.8, 4) is 11.6 Å². The van der Waals surface area contributed by atoms with Crippen LogP contribution in [0.1, 0.15) is 52.0 Å². The first-order valence-corrected chi connectivity index (χ1v) is 10.5. The summed E-state index contributed by atoms with van der Waals surface area (Å²) >= 11 is 0. The summed E-state index contributed by atoms with van der Waals surface area (Å²) in [5, 5.41) is 9.78. The lowest BCUT2D eigenvalue weighted by molar-refractivity contribution is -0.117. The van der Waals surface area contributed by atoms with Crippen molar-refractivity contribution in [2.45, 2.75) is 58.2 Å². The van der Waals surface area contributed by atoms with Gasteiger partial charge in [0.05, 0.1) is 12.1 Å². The molecule has 8 heteroatoms. The summed E-state index contributed by atoms with van der Waals surface area (Å²) in [5.74, 6) is 0.428. The molecule has 0 saturated carbocycles. The Morgan fingerprint density at radius 1 is 1.32 bits per heavy atom. The molecular formula is C23H30FN3O4. The maximum atomic E-state index is 14.8. The molecular weight excluding hydrogens is 401 g/mol. The van der Waals surface area contributed by atoms with Gasteiger partial charge in [-0.25, -0.2) is 4.98 Å². The molecule has 0 unspecified atom stereocenters. The zero-order valence-corrected chi connectivity index (χ0v) is 18.5. The van der Waals surface area contributed by atoms with Crippen LogP contribution < -0.4 is 14.4 Å². The first kappa shape index (κ1) is 22.9. The third-order valence-electron chi connectivity index (χ3n) is 5.09. The molecule has 31 heavy (non-hydrogen) atoms. The van der Waals surface area contributed by atoms with Crippen molar-refractivity contribution in [3.63, 3.8) is 0 Å². The minimum atomic E-state index is -1.09. The highest BCUT2D eigenvalue weighted by Gasteiger charge is 2.29. The van der Waals surface area contributed by atoms with Gasteiger partial charge in [-0.1, -0.05) is 19.1 Å². The zero-order valence-electron chi connectivity index (χ0n) is 18.5. The van der Waals surface area contributed by atoms with E-state index in [-0.39, 0.29) is 36.1 Å². The van der Waals surface area contributed by atoms with Crippen LogP contribution >= 0.6 is 0 Å².